The summed E-state index contributed by atoms with van der Waals surface area (Å²) in [5, 5.41) is 0. The lowest BCUT2D eigenvalue weighted by atomic mass is 10.3. The van der Waals surface area contributed by atoms with E-state index < -0.39 is 0 Å². The second kappa shape index (κ2) is 5.66. The minimum atomic E-state index is 0.231. The van der Waals surface area contributed by atoms with Gasteiger partial charge in [-0.05, 0) is 13.8 Å². The molecule has 2 atom stereocenters. The van der Waals surface area contributed by atoms with Gasteiger partial charge in [-0.15, -0.1) is 0 Å². The predicted octanol–water partition coefficient (Wildman–Crippen LogP) is 0.589. The molecule has 84 valence electrons. The van der Waals surface area contributed by atoms with Crippen molar-refractivity contribution in [2.45, 2.75) is 26.3 Å². The Morgan fingerprint density at radius 1 is 0.786 bits per heavy atom. The summed E-state index contributed by atoms with van der Waals surface area (Å²) in [5.41, 5.74) is 0. The molecule has 0 N–H and O–H groups in total. The SMILES string of the molecule is COC(C)N1CCN(C(C)OC)CC1. The van der Waals surface area contributed by atoms with Crippen molar-refractivity contribution in [3.8, 4) is 0 Å². The number of piperazine rings is 1. The van der Waals surface area contributed by atoms with E-state index in [9.17, 15) is 0 Å². The zero-order valence-electron chi connectivity index (χ0n) is 9.69. The molecule has 0 saturated carbocycles. The summed E-state index contributed by atoms with van der Waals surface area (Å²) in [4.78, 5) is 4.69. The first-order chi connectivity index (χ1) is 6.69. The molecule has 0 aromatic heterocycles. The maximum absolute atomic E-state index is 5.29. The summed E-state index contributed by atoms with van der Waals surface area (Å²) in [6.07, 6.45) is 0.463. The van der Waals surface area contributed by atoms with Gasteiger partial charge in [0.15, 0.2) is 0 Å². The van der Waals surface area contributed by atoms with Crippen molar-refractivity contribution in [3.05, 3.63) is 0 Å². The zero-order chi connectivity index (χ0) is 10.6. The maximum atomic E-state index is 5.29. The Bertz CT molecular complexity index is 140. The molecule has 2 unspecified atom stereocenters. The van der Waals surface area contributed by atoms with Crippen molar-refractivity contribution in [2.75, 3.05) is 40.4 Å². The molecule has 1 heterocycles. The van der Waals surface area contributed by atoms with Crippen LogP contribution in [0.25, 0.3) is 0 Å². The van der Waals surface area contributed by atoms with E-state index in [4.69, 9.17) is 9.47 Å². The lowest BCUT2D eigenvalue weighted by molar-refractivity contribution is -0.0819. The standard InChI is InChI=1S/C10H22N2O2/c1-9(13-3)11-5-7-12(8-6-11)10(2)14-4/h9-10H,5-8H2,1-4H3. The lowest BCUT2D eigenvalue weighted by Gasteiger charge is -2.39. The zero-order valence-corrected chi connectivity index (χ0v) is 9.69. The Hall–Kier alpha value is -0.160. The van der Waals surface area contributed by atoms with Gasteiger partial charge in [0.2, 0.25) is 0 Å². The molecule has 4 nitrogen and oxygen atoms in total. The summed E-state index contributed by atoms with van der Waals surface area (Å²) in [7, 11) is 3.52. The second-order valence-electron chi connectivity index (χ2n) is 3.74. The molecule has 0 aromatic carbocycles. The van der Waals surface area contributed by atoms with Gasteiger partial charge in [0.25, 0.3) is 0 Å². The fourth-order valence-corrected chi connectivity index (χ4v) is 1.76. The van der Waals surface area contributed by atoms with Crippen LogP contribution in [-0.2, 0) is 9.47 Å². The number of methoxy groups -OCH3 is 2. The molecule has 14 heavy (non-hydrogen) atoms. The first kappa shape index (κ1) is 11.9. The Kier molecular flexibility index (Phi) is 4.81. The third-order valence-corrected chi connectivity index (χ3v) is 3.06. The average molecular weight is 202 g/mol. The topological polar surface area (TPSA) is 24.9 Å². The molecule has 0 aliphatic carbocycles. The van der Waals surface area contributed by atoms with Crippen molar-refractivity contribution < 1.29 is 9.47 Å². The van der Waals surface area contributed by atoms with E-state index >= 15 is 0 Å². The molecule has 0 radical (unpaired) electrons. The van der Waals surface area contributed by atoms with Crippen LogP contribution in [0.4, 0.5) is 0 Å². The van der Waals surface area contributed by atoms with Gasteiger partial charge in [-0.3, -0.25) is 9.80 Å². The fourth-order valence-electron chi connectivity index (χ4n) is 1.76. The lowest BCUT2D eigenvalue weighted by Crippen LogP contribution is -2.52. The number of hydrogen-bond donors (Lipinski definition) is 0. The number of hydrogen-bond acceptors (Lipinski definition) is 4. The number of rotatable bonds is 4. The summed E-state index contributed by atoms with van der Waals surface area (Å²) in [6, 6.07) is 0. The van der Waals surface area contributed by atoms with Crippen LogP contribution in [0.1, 0.15) is 13.8 Å². The van der Waals surface area contributed by atoms with Crippen molar-refractivity contribution in [1.29, 1.82) is 0 Å². The van der Waals surface area contributed by atoms with Crippen LogP contribution < -0.4 is 0 Å². The van der Waals surface area contributed by atoms with Crippen LogP contribution in [-0.4, -0.2) is 62.7 Å². The molecule has 0 aromatic rings. The third-order valence-electron chi connectivity index (χ3n) is 3.06. The predicted molar refractivity (Wildman–Crippen MR) is 56.1 cm³/mol. The monoisotopic (exact) mass is 202 g/mol. The molecule has 1 saturated heterocycles. The van der Waals surface area contributed by atoms with E-state index in [0.717, 1.165) is 26.2 Å². The van der Waals surface area contributed by atoms with Crippen LogP contribution in [0.3, 0.4) is 0 Å². The highest BCUT2D eigenvalue weighted by Crippen LogP contribution is 2.09. The van der Waals surface area contributed by atoms with Gasteiger partial charge in [-0.1, -0.05) is 0 Å². The summed E-state index contributed by atoms with van der Waals surface area (Å²) in [5.74, 6) is 0. The molecule has 0 amide bonds. The largest absolute Gasteiger partial charge is 0.367 e. The van der Waals surface area contributed by atoms with E-state index in [1.807, 2.05) is 0 Å². The normalized spacial score (nSPS) is 24.9. The van der Waals surface area contributed by atoms with Crippen molar-refractivity contribution in [3.63, 3.8) is 0 Å². The van der Waals surface area contributed by atoms with Gasteiger partial charge in [0, 0.05) is 40.4 Å². The Morgan fingerprint density at radius 2 is 1.07 bits per heavy atom. The summed E-state index contributed by atoms with van der Waals surface area (Å²) in [6.45, 7) is 8.42. The highest BCUT2D eigenvalue weighted by Gasteiger charge is 2.23. The molecule has 0 bridgehead atoms. The maximum Gasteiger partial charge on any atom is 0.107 e. The Labute approximate surface area is 86.8 Å². The molecular weight excluding hydrogens is 180 g/mol. The second-order valence-corrected chi connectivity index (χ2v) is 3.74. The van der Waals surface area contributed by atoms with Crippen LogP contribution >= 0.6 is 0 Å². The molecule has 1 rings (SSSR count). The van der Waals surface area contributed by atoms with Gasteiger partial charge in [-0.25, -0.2) is 0 Å². The highest BCUT2D eigenvalue weighted by atomic mass is 16.5. The minimum absolute atomic E-state index is 0.231. The van der Waals surface area contributed by atoms with E-state index in [2.05, 4.69) is 23.6 Å². The minimum Gasteiger partial charge on any atom is -0.367 e. The molecule has 1 aliphatic heterocycles. The van der Waals surface area contributed by atoms with Crippen LogP contribution in [0.15, 0.2) is 0 Å². The quantitative estimate of drug-likeness (QED) is 0.666. The van der Waals surface area contributed by atoms with Gasteiger partial charge in [-0.2, -0.15) is 0 Å². The fraction of sp³-hybridized carbons (Fsp3) is 1.00. The van der Waals surface area contributed by atoms with E-state index in [1.54, 1.807) is 14.2 Å². The van der Waals surface area contributed by atoms with Gasteiger partial charge in [0.1, 0.15) is 12.5 Å². The van der Waals surface area contributed by atoms with Gasteiger partial charge in [0.05, 0.1) is 0 Å². The number of nitrogens with zero attached hydrogens (tertiary/aromatic N) is 2. The first-order valence-corrected chi connectivity index (χ1v) is 5.22. The Balaban J connectivity index is 2.31. The summed E-state index contributed by atoms with van der Waals surface area (Å²) >= 11 is 0. The van der Waals surface area contributed by atoms with Gasteiger partial charge >= 0.3 is 0 Å². The van der Waals surface area contributed by atoms with Gasteiger partial charge < -0.3 is 9.47 Å². The van der Waals surface area contributed by atoms with Crippen LogP contribution in [0, 0.1) is 0 Å². The molecule has 1 fully saturated rings. The Morgan fingerprint density at radius 3 is 1.29 bits per heavy atom. The first-order valence-electron chi connectivity index (χ1n) is 5.22. The third kappa shape index (κ3) is 2.92. The summed E-state index contributed by atoms with van der Waals surface area (Å²) < 4.78 is 10.6. The average Bonchev–Trinajstić information content (AvgIpc) is 2.27. The van der Waals surface area contributed by atoms with E-state index in [-0.39, 0.29) is 12.5 Å². The molecule has 0 spiro atoms. The van der Waals surface area contributed by atoms with Crippen LogP contribution in [0.5, 0.6) is 0 Å². The van der Waals surface area contributed by atoms with E-state index in [0.29, 0.717) is 0 Å². The van der Waals surface area contributed by atoms with Crippen LogP contribution in [0.2, 0.25) is 0 Å². The smallest absolute Gasteiger partial charge is 0.107 e. The molecular formula is C10H22N2O2. The number of ether oxygens (including phenoxy) is 2. The highest BCUT2D eigenvalue weighted by molar-refractivity contribution is 4.73. The molecule has 4 heteroatoms. The van der Waals surface area contributed by atoms with E-state index in [1.165, 1.54) is 0 Å². The van der Waals surface area contributed by atoms with Crippen molar-refractivity contribution >= 4 is 0 Å². The van der Waals surface area contributed by atoms with Crippen molar-refractivity contribution in [2.24, 2.45) is 0 Å². The molecule has 1 aliphatic rings. The van der Waals surface area contributed by atoms with Crippen molar-refractivity contribution in [1.82, 2.24) is 9.80 Å².